The second-order valence-corrected chi connectivity index (χ2v) is 19.5. The molecule has 0 aliphatic rings. The van der Waals surface area contributed by atoms with Crippen LogP contribution in [0.3, 0.4) is 0 Å². The third-order valence-electron chi connectivity index (χ3n) is 12.3. The van der Waals surface area contributed by atoms with Crippen LogP contribution in [0.1, 0.15) is 0 Å². The zero-order valence-electron chi connectivity index (χ0n) is 33.6. The summed E-state index contributed by atoms with van der Waals surface area (Å²) in [5, 5.41) is 10.3. The molecule has 0 radical (unpaired) electrons. The molecule has 0 bridgehead atoms. The van der Waals surface area contributed by atoms with Gasteiger partial charge in [-0.05, 0) is 91.9 Å². The summed E-state index contributed by atoms with van der Waals surface area (Å²) in [6, 6.07) is 93.7. The van der Waals surface area contributed by atoms with E-state index < -0.39 is 8.07 Å². The fourth-order valence-electron chi connectivity index (χ4n) is 9.68. The highest BCUT2D eigenvalue weighted by Crippen LogP contribution is 2.42. The van der Waals surface area contributed by atoms with Gasteiger partial charge in [-0.25, -0.2) is 0 Å². The fraction of sp³-hybridized carbons (Fsp3) is 0. The van der Waals surface area contributed by atoms with Crippen molar-refractivity contribution in [3.8, 4) is 16.8 Å². The quantitative estimate of drug-likeness (QED) is 0.104. The molecule has 0 amide bonds. The number of fused-ring (bicyclic) bond motifs is 4. The molecule has 288 valence electrons. The van der Waals surface area contributed by atoms with Gasteiger partial charge in [0.1, 0.15) is 0 Å². The summed E-state index contributed by atoms with van der Waals surface area (Å²) in [5.74, 6) is 0. The molecule has 0 N–H and O–H groups in total. The first-order chi connectivity index (χ1) is 30.3. The average Bonchev–Trinajstić information content (AvgIpc) is 3.68. The van der Waals surface area contributed by atoms with E-state index in [-0.39, 0.29) is 0 Å². The number of benzene rings is 10. The number of aromatic nitrogens is 1. The Kier molecular flexibility index (Phi) is 9.22. The highest BCUT2D eigenvalue weighted by atomic mass is 28.3. The Balaban J connectivity index is 1.11. The van der Waals surface area contributed by atoms with E-state index in [2.05, 4.69) is 264 Å². The highest BCUT2D eigenvalue weighted by molar-refractivity contribution is 7.19. The summed E-state index contributed by atoms with van der Waals surface area (Å²) in [4.78, 5) is 2.46. The fourth-order valence-corrected chi connectivity index (χ4v) is 14.5. The molecule has 1 aromatic heterocycles. The number of hydrogen-bond acceptors (Lipinski definition) is 1. The Bertz CT molecular complexity index is 3180. The first-order valence-electron chi connectivity index (χ1n) is 21.0. The van der Waals surface area contributed by atoms with Crippen LogP contribution in [-0.4, -0.2) is 12.6 Å². The minimum absolute atomic E-state index is 1.10. The molecule has 1 heterocycles. The summed E-state index contributed by atoms with van der Waals surface area (Å²) in [5.41, 5.74) is 9.33. The van der Waals surface area contributed by atoms with Crippen molar-refractivity contribution in [1.29, 1.82) is 0 Å². The summed E-state index contributed by atoms with van der Waals surface area (Å²) in [6.07, 6.45) is 0. The van der Waals surface area contributed by atoms with Crippen LogP contribution in [0.15, 0.2) is 255 Å². The van der Waals surface area contributed by atoms with E-state index in [9.17, 15) is 0 Å². The van der Waals surface area contributed by atoms with E-state index in [4.69, 9.17) is 0 Å². The monoisotopic (exact) mass is 794 g/mol. The molecule has 0 saturated heterocycles. The minimum Gasteiger partial charge on any atom is -0.310 e. The number of hydrogen-bond donors (Lipinski definition) is 0. The van der Waals surface area contributed by atoms with E-state index in [0.717, 1.165) is 22.7 Å². The highest BCUT2D eigenvalue weighted by Gasteiger charge is 2.41. The third kappa shape index (κ3) is 6.18. The lowest BCUT2D eigenvalue weighted by Crippen LogP contribution is -2.74. The van der Waals surface area contributed by atoms with Crippen LogP contribution in [0, 0.1) is 0 Å². The predicted molar refractivity (Wildman–Crippen MR) is 262 cm³/mol. The van der Waals surface area contributed by atoms with Gasteiger partial charge in [-0.2, -0.15) is 0 Å². The number of rotatable bonds is 9. The lowest BCUT2D eigenvalue weighted by Gasteiger charge is -2.35. The summed E-state index contributed by atoms with van der Waals surface area (Å²) < 4.78 is 2.39. The van der Waals surface area contributed by atoms with Crippen LogP contribution in [0.25, 0.3) is 49.4 Å². The van der Waals surface area contributed by atoms with Crippen molar-refractivity contribution in [3.05, 3.63) is 255 Å². The molecule has 11 aromatic rings. The van der Waals surface area contributed by atoms with Crippen LogP contribution in [-0.2, 0) is 0 Å². The lowest BCUT2D eigenvalue weighted by atomic mass is 9.99. The second kappa shape index (κ2) is 15.5. The van der Waals surface area contributed by atoms with Crippen molar-refractivity contribution in [2.24, 2.45) is 0 Å². The molecular formula is C58H42N2Si. The van der Waals surface area contributed by atoms with E-state index >= 15 is 0 Å². The van der Waals surface area contributed by atoms with Crippen LogP contribution in [0.4, 0.5) is 17.1 Å². The average molecular weight is 795 g/mol. The van der Waals surface area contributed by atoms with Crippen molar-refractivity contribution in [2.75, 3.05) is 4.90 Å². The first kappa shape index (κ1) is 36.4. The Morgan fingerprint density at radius 3 is 1.52 bits per heavy atom. The van der Waals surface area contributed by atoms with Crippen molar-refractivity contribution in [3.63, 3.8) is 0 Å². The van der Waals surface area contributed by atoms with E-state index in [1.54, 1.807) is 0 Å². The van der Waals surface area contributed by atoms with E-state index in [1.807, 2.05) is 0 Å². The predicted octanol–water partition coefficient (Wildman–Crippen LogP) is 12.5. The van der Waals surface area contributed by atoms with E-state index in [0.29, 0.717) is 0 Å². The standard InChI is InChI=1S/C58H42N2Si/c1-5-22-45(23-6-1)60-56-35-16-15-33-54(56)58-53(34-19-37-57(58)60)44-38-40-46(41-39-44)59(55-36-17-21-43-20-13-14-32-52(43)55)47-24-18-31-51(42-47)61(48-25-7-2-8-26-48,49-27-9-3-10-28-49)50-29-11-4-12-30-50/h1-42H. The zero-order valence-corrected chi connectivity index (χ0v) is 34.6. The molecule has 0 aliphatic carbocycles. The molecule has 2 nitrogen and oxygen atoms in total. The number of para-hydroxylation sites is 2. The van der Waals surface area contributed by atoms with E-state index in [1.165, 1.54) is 64.5 Å². The lowest BCUT2D eigenvalue weighted by molar-refractivity contribution is 1.18. The molecule has 0 saturated carbocycles. The van der Waals surface area contributed by atoms with Crippen molar-refractivity contribution in [2.45, 2.75) is 0 Å². The maximum atomic E-state index is 2.47. The Hall–Kier alpha value is -7.72. The molecule has 0 aliphatic heterocycles. The third-order valence-corrected chi connectivity index (χ3v) is 17.1. The number of nitrogens with zero attached hydrogens (tertiary/aromatic N) is 2. The van der Waals surface area contributed by atoms with Gasteiger partial charge in [0.05, 0.1) is 16.7 Å². The Labute approximate surface area is 357 Å². The molecule has 61 heavy (non-hydrogen) atoms. The Morgan fingerprint density at radius 1 is 0.344 bits per heavy atom. The number of anilines is 3. The van der Waals surface area contributed by atoms with Crippen LogP contribution in [0.5, 0.6) is 0 Å². The maximum Gasteiger partial charge on any atom is 0.179 e. The molecule has 0 atom stereocenters. The molecule has 0 unspecified atom stereocenters. The summed E-state index contributed by atoms with van der Waals surface area (Å²) >= 11 is 0. The van der Waals surface area contributed by atoms with Crippen molar-refractivity contribution in [1.82, 2.24) is 4.57 Å². The molecule has 3 heteroatoms. The topological polar surface area (TPSA) is 8.17 Å². The van der Waals surface area contributed by atoms with Gasteiger partial charge < -0.3 is 9.47 Å². The molecule has 11 rings (SSSR count). The van der Waals surface area contributed by atoms with Crippen LogP contribution >= 0.6 is 0 Å². The first-order valence-corrected chi connectivity index (χ1v) is 23.0. The largest absolute Gasteiger partial charge is 0.310 e. The minimum atomic E-state index is -2.79. The van der Waals surface area contributed by atoms with Crippen molar-refractivity contribution >= 4 is 78.5 Å². The second-order valence-electron chi connectivity index (χ2n) is 15.7. The molecule has 0 fully saturated rings. The normalized spacial score (nSPS) is 11.6. The van der Waals surface area contributed by atoms with Gasteiger partial charge in [0, 0.05) is 33.2 Å². The smallest absolute Gasteiger partial charge is 0.179 e. The van der Waals surface area contributed by atoms with Crippen LogP contribution < -0.4 is 25.6 Å². The van der Waals surface area contributed by atoms with Crippen LogP contribution in [0.2, 0.25) is 0 Å². The van der Waals surface area contributed by atoms with Gasteiger partial charge in [0.2, 0.25) is 0 Å². The van der Waals surface area contributed by atoms with Gasteiger partial charge in [-0.1, -0.05) is 200 Å². The molecular weight excluding hydrogens is 753 g/mol. The SMILES string of the molecule is c1ccc(-n2c3ccccc3c3c(-c4ccc(N(c5cccc([Si](c6ccccc6)(c6ccccc6)c6ccccc6)c5)c5cccc6ccccc56)cc4)cccc32)cc1. The Morgan fingerprint density at radius 2 is 0.852 bits per heavy atom. The molecule has 10 aromatic carbocycles. The molecule has 0 spiro atoms. The summed E-state index contributed by atoms with van der Waals surface area (Å²) in [7, 11) is -2.79. The zero-order chi connectivity index (χ0) is 40.6. The van der Waals surface area contributed by atoms with Crippen molar-refractivity contribution < 1.29 is 0 Å². The van der Waals surface area contributed by atoms with Gasteiger partial charge in [0.15, 0.2) is 8.07 Å². The van der Waals surface area contributed by atoms with Gasteiger partial charge in [-0.15, -0.1) is 0 Å². The summed E-state index contributed by atoms with van der Waals surface area (Å²) in [6.45, 7) is 0. The maximum absolute atomic E-state index is 2.79. The van der Waals surface area contributed by atoms with Gasteiger partial charge in [0.25, 0.3) is 0 Å². The van der Waals surface area contributed by atoms with Gasteiger partial charge in [-0.3, -0.25) is 0 Å². The van der Waals surface area contributed by atoms with Gasteiger partial charge >= 0.3 is 0 Å².